The van der Waals surface area contributed by atoms with E-state index in [2.05, 4.69) is 62.9 Å². The number of aliphatic hydroxyl groups is 1. The van der Waals surface area contributed by atoms with Crippen molar-refractivity contribution in [1.82, 2.24) is 9.80 Å². The molecule has 0 aliphatic carbocycles. The van der Waals surface area contributed by atoms with Crippen molar-refractivity contribution in [3.05, 3.63) is 34.9 Å². The lowest BCUT2D eigenvalue weighted by Gasteiger charge is -2.24. The van der Waals surface area contributed by atoms with Gasteiger partial charge in [-0.2, -0.15) is 0 Å². The van der Waals surface area contributed by atoms with Gasteiger partial charge in [-0.1, -0.05) is 36.2 Å². The Morgan fingerprint density at radius 2 is 1.65 bits per heavy atom. The van der Waals surface area contributed by atoms with Crippen molar-refractivity contribution in [3.8, 4) is 0 Å². The summed E-state index contributed by atoms with van der Waals surface area (Å²) in [5.74, 6) is 0. The first-order valence-electron chi connectivity index (χ1n) is 7.55. The maximum Gasteiger partial charge on any atom is 0.0917 e. The van der Waals surface area contributed by atoms with Crippen molar-refractivity contribution in [2.24, 2.45) is 0 Å². The van der Waals surface area contributed by atoms with Crippen LogP contribution < -0.4 is 0 Å². The zero-order valence-corrected chi connectivity index (χ0v) is 13.7. The van der Waals surface area contributed by atoms with E-state index in [0.29, 0.717) is 6.54 Å². The van der Waals surface area contributed by atoms with Gasteiger partial charge in [-0.15, -0.1) is 0 Å². The summed E-state index contributed by atoms with van der Waals surface area (Å²) >= 11 is 0. The molecule has 0 aliphatic rings. The zero-order valence-electron chi connectivity index (χ0n) is 13.7. The lowest BCUT2D eigenvalue weighted by atomic mass is 10.0. The second-order valence-corrected chi connectivity index (χ2v) is 5.99. The molecule has 20 heavy (non-hydrogen) atoms. The van der Waals surface area contributed by atoms with Crippen molar-refractivity contribution in [2.45, 2.75) is 33.3 Å². The molecular weight excluding hydrogens is 248 g/mol. The lowest BCUT2D eigenvalue weighted by Crippen LogP contribution is -2.31. The molecule has 0 aliphatic heterocycles. The van der Waals surface area contributed by atoms with E-state index in [1.807, 2.05) is 0 Å². The summed E-state index contributed by atoms with van der Waals surface area (Å²) in [4.78, 5) is 4.53. The van der Waals surface area contributed by atoms with Crippen molar-refractivity contribution in [1.29, 1.82) is 0 Å². The summed E-state index contributed by atoms with van der Waals surface area (Å²) in [7, 11) is 4.20. The van der Waals surface area contributed by atoms with E-state index in [1.54, 1.807) is 0 Å². The van der Waals surface area contributed by atoms with E-state index in [0.717, 1.165) is 31.6 Å². The van der Waals surface area contributed by atoms with Crippen LogP contribution in [-0.4, -0.2) is 55.2 Å². The number of aliphatic hydroxyl groups excluding tert-OH is 1. The average Bonchev–Trinajstić information content (AvgIpc) is 2.35. The van der Waals surface area contributed by atoms with Gasteiger partial charge in [0, 0.05) is 6.54 Å². The third kappa shape index (κ3) is 6.04. The lowest BCUT2D eigenvalue weighted by molar-refractivity contribution is 0.114. The van der Waals surface area contributed by atoms with Crippen LogP contribution in [0.3, 0.4) is 0 Å². The van der Waals surface area contributed by atoms with Crippen LogP contribution in [0.25, 0.3) is 0 Å². The normalized spacial score (nSPS) is 13.2. The van der Waals surface area contributed by atoms with Crippen molar-refractivity contribution in [2.75, 3.05) is 40.3 Å². The number of aryl methyl sites for hydroxylation is 2. The number of hydrogen-bond acceptors (Lipinski definition) is 3. The van der Waals surface area contributed by atoms with Crippen LogP contribution in [0, 0.1) is 13.8 Å². The van der Waals surface area contributed by atoms with Gasteiger partial charge in [0.15, 0.2) is 0 Å². The van der Waals surface area contributed by atoms with Gasteiger partial charge in [0.05, 0.1) is 6.10 Å². The molecule has 0 heterocycles. The molecule has 0 fully saturated rings. The maximum absolute atomic E-state index is 10.4. The van der Waals surface area contributed by atoms with Crippen molar-refractivity contribution >= 4 is 0 Å². The largest absolute Gasteiger partial charge is 0.387 e. The van der Waals surface area contributed by atoms with E-state index < -0.39 is 6.10 Å². The van der Waals surface area contributed by atoms with E-state index in [1.165, 1.54) is 11.1 Å². The van der Waals surface area contributed by atoms with Crippen LogP contribution in [0.1, 0.15) is 36.1 Å². The van der Waals surface area contributed by atoms with E-state index in [4.69, 9.17) is 0 Å². The van der Waals surface area contributed by atoms with Gasteiger partial charge in [-0.05, 0) is 59.6 Å². The SMILES string of the molecule is CCN(CCCN(C)C)CC(O)c1cc(C)cc(C)c1. The first kappa shape index (κ1) is 17.2. The maximum atomic E-state index is 10.4. The Labute approximate surface area is 124 Å². The molecule has 114 valence electrons. The molecule has 0 saturated carbocycles. The van der Waals surface area contributed by atoms with E-state index >= 15 is 0 Å². The fourth-order valence-corrected chi connectivity index (χ4v) is 2.54. The molecule has 0 spiro atoms. The fraction of sp³-hybridized carbons (Fsp3) is 0.647. The van der Waals surface area contributed by atoms with Crippen LogP contribution in [0.15, 0.2) is 18.2 Å². The third-order valence-electron chi connectivity index (χ3n) is 3.59. The third-order valence-corrected chi connectivity index (χ3v) is 3.59. The highest BCUT2D eigenvalue weighted by Gasteiger charge is 2.13. The summed E-state index contributed by atoms with van der Waals surface area (Å²) in [6, 6.07) is 6.32. The van der Waals surface area contributed by atoms with Crippen LogP contribution >= 0.6 is 0 Å². The molecule has 1 rings (SSSR count). The molecule has 1 atom stereocenters. The Hall–Kier alpha value is -0.900. The molecule has 3 nitrogen and oxygen atoms in total. The molecule has 0 aromatic heterocycles. The molecule has 0 radical (unpaired) electrons. The number of likely N-dealkylation sites (N-methyl/N-ethyl adjacent to an activating group) is 1. The first-order valence-corrected chi connectivity index (χ1v) is 7.55. The Morgan fingerprint density at radius 3 is 2.15 bits per heavy atom. The molecular formula is C17H30N2O. The number of benzene rings is 1. The molecule has 0 saturated heterocycles. The van der Waals surface area contributed by atoms with Crippen LogP contribution in [0.5, 0.6) is 0 Å². The number of hydrogen-bond donors (Lipinski definition) is 1. The van der Waals surface area contributed by atoms with Crippen molar-refractivity contribution < 1.29 is 5.11 Å². The second-order valence-electron chi connectivity index (χ2n) is 5.99. The minimum absolute atomic E-state index is 0.395. The summed E-state index contributed by atoms with van der Waals surface area (Å²) in [5.41, 5.74) is 3.47. The number of nitrogens with zero attached hydrogens (tertiary/aromatic N) is 2. The summed E-state index contributed by atoms with van der Waals surface area (Å²) < 4.78 is 0. The van der Waals surface area contributed by atoms with Crippen LogP contribution in [0.4, 0.5) is 0 Å². The summed E-state index contributed by atoms with van der Waals surface area (Å²) in [6.45, 7) is 10.1. The standard InChI is InChI=1S/C17H30N2O/c1-6-19(9-7-8-18(4)5)13-17(20)16-11-14(2)10-15(3)12-16/h10-12,17,20H,6-9,13H2,1-5H3. The monoisotopic (exact) mass is 278 g/mol. The predicted octanol–water partition coefficient (Wildman–Crippen LogP) is 2.61. The van der Waals surface area contributed by atoms with Gasteiger partial charge in [0.25, 0.3) is 0 Å². The summed E-state index contributed by atoms with van der Waals surface area (Å²) in [5, 5.41) is 10.4. The van der Waals surface area contributed by atoms with E-state index in [-0.39, 0.29) is 0 Å². The molecule has 1 unspecified atom stereocenters. The Balaban J connectivity index is 2.55. The molecule has 1 N–H and O–H groups in total. The van der Waals surface area contributed by atoms with Gasteiger partial charge < -0.3 is 14.9 Å². The van der Waals surface area contributed by atoms with Gasteiger partial charge in [0.2, 0.25) is 0 Å². The minimum Gasteiger partial charge on any atom is -0.387 e. The predicted molar refractivity (Wildman–Crippen MR) is 86.2 cm³/mol. The minimum atomic E-state index is -0.395. The molecule has 1 aromatic rings. The fourth-order valence-electron chi connectivity index (χ4n) is 2.54. The topological polar surface area (TPSA) is 26.7 Å². The van der Waals surface area contributed by atoms with Crippen LogP contribution in [-0.2, 0) is 0 Å². The first-order chi connectivity index (χ1) is 9.42. The molecule has 0 amide bonds. The zero-order chi connectivity index (χ0) is 15.1. The second kappa shape index (κ2) is 8.40. The number of rotatable bonds is 8. The molecule has 3 heteroatoms. The smallest absolute Gasteiger partial charge is 0.0917 e. The Kier molecular flexibility index (Phi) is 7.20. The molecule has 1 aromatic carbocycles. The average molecular weight is 278 g/mol. The van der Waals surface area contributed by atoms with Gasteiger partial charge >= 0.3 is 0 Å². The summed E-state index contributed by atoms with van der Waals surface area (Å²) in [6.07, 6.45) is 0.744. The van der Waals surface area contributed by atoms with Crippen LogP contribution in [0.2, 0.25) is 0 Å². The Morgan fingerprint density at radius 1 is 1.05 bits per heavy atom. The highest BCUT2D eigenvalue weighted by Crippen LogP contribution is 2.18. The molecule has 0 bridgehead atoms. The van der Waals surface area contributed by atoms with E-state index in [9.17, 15) is 5.11 Å². The highest BCUT2D eigenvalue weighted by molar-refractivity contribution is 5.30. The quantitative estimate of drug-likeness (QED) is 0.792. The van der Waals surface area contributed by atoms with Gasteiger partial charge in [-0.25, -0.2) is 0 Å². The van der Waals surface area contributed by atoms with Crippen molar-refractivity contribution in [3.63, 3.8) is 0 Å². The van der Waals surface area contributed by atoms with Gasteiger partial charge in [-0.3, -0.25) is 0 Å². The van der Waals surface area contributed by atoms with Gasteiger partial charge in [0.1, 0.15) is 0 Å². The Bertz CT molecular complexity index is 384. The highest BCUT2D eigenvalue weighted by atomic mass is 16.3.